The zero-order valence-corrected chi connectivity index (χ0v) is 17.2. The molecule has 0 spiro atoms. The topological polar surface area (TPSA) is 70.4 Å². The standard InChI is InChI=1S/C24H20N2O3S/c25-15-17-1-3-18(4-2-17)19-5-7-21(8-6-19)29-24(28)10-9-23(27)26-13-11-22-20(16-26)12-14-30-22/h1-8,12,14H,9-11,13,16H2. The molecule has 0 bridgehead atoms. The molecule has 2 heterocycles. The van der Waals surface area contributed by atoms with Crippen LogP contribution >= 0.6 is 11.3 Å². The number of amides is 1. The minimum Gasteiger partial charge on any atom is -0.427 e. The molecule has 0 aliphatic carbocycles. The Morgan fingerprint density at radius 1 is 1.00 bits per heavy atom. The number of esters is 1. The summed E-state index contributed by atoms with van der Waals surface area (Å²) >= 11 is 1.73. The van der Waals surface area contributed by atoms with Gasteiger partial charge in [-0.2, -0.15) is 5.26 Å². The number of thiophene rings is 1. The molecule has 0 N–H and O–H groups in total. The third-order valence-electron chi connectivity index (χ3n) is 5.14. The number of carbonyl (C=O) groups excluding carboxylic acids is 2. The highest BCUT2D eigenvalue weighted by Gasteiger charge is 2.22. The van der Waals surface area contributed by atoms with E-state index in [-0.39, 0.29) is 18.7 Å². The van der Waals surface area contributed by atoms with Crippen molar-refractivity contribution in [2.75, 3.05) is 6.54 Å². The van der Waals surface area contributed by atoms with Crippen LogP contribution in [0.25, 0.3) is 11.1 Å². The minimum absolute atomic E-state index is 0.0139. The first kappa shape index (κ1) is 19.9. The highest BCUT2D eigenvalue weighted by molar-refractivity contribution is 7.10. The lowest BCUT2D eigenvalue weighted by Gasteiger charge is -2.27. The number of rotatable bonds is 5. The van der Waals surface area contributed by atoms with Crippen molar-refractivity contribution >= 4 is 23.2 Å². The Kier molecular flexibility index (Phi) is 5.92. The molecular formula is C24H20N2O3S. The average molecular weight is 417 g/mol. The van der Waals surface area contributed by atoms with E-state index in [2.05, 4.69) is 17.5 Å². The Balaban J connectivity index is 1.28. The Morgan fingerprint density at radius 2 is 1.70 bits per heavy atom. The summed E-state index contributed by atoms with van der Waals surface area (Å²) in [5, 5.41) is 10.9. The molecule has 0 radical (unpaired) electrons. The summed E-state index contributed by atoms with van der Waals surface area (Å²) in [6.45, 7) is 1.34. The van der Waals surface area contributed by atoms with Gasteiger partial charge in [-0.05, 0) is 58.8 Å². The normalized spacial score (nSPS) is 12.7. The molecule has 1 aliphatic rings. The van der Waals surface area contributed by atoms with Gasteiger partial charge in [-0.1, -0.05) is 24.3 Å². The zero-order chi connectivity index (χ0) is 20.9. The molecule has 2 aromatic carbocycles. The van der Waals surface area contributed by atoms with Crippen molar-refractivity contribution in [3.8, 4) is 22.9 Å². The predicted molar refractivity (Wildman–Crippen MR) is 115 cm³/mol. The van der Waals surface area contributed by atoms with E-state index in [1.807, 2.05) is 29.2 Å². The van der Waals surface area contributed by atoms with E-state index < -0.39 is 5.97 Å². The van der Waals surface area contributed by atoms with Crippen molar-refractivity contribution in [3.05, 3.63) is 76.0 Å². The van der Waals surface area contributed by atoms with Crippen molar-refractivity contribution in [3.63, 3.8) is 0 Å². The van der Waals surface area contributed by atoms with Crippen LogP contribution in [0.4, 0.5) is 0 Å². The lowest BCUT2D eigenvalue weighted by molar-refractivity contribution is -0.139. The molecule has 1 amide bonds. The van der Waals surface area contributed by atoms with Gasteiger partial charge in [0.05, 0.1) is 18.1 Å². The van der Waals surface area contributed by atoms with Crippen molar-refractivity contribution in [1.82, 2.24) is 4.90 Å². The van der Waals surface area contributed by atoms with Gasteiger partial charge >= 0.3 is 5.97 Å². The Morgan fingerprint density at radius 3 is 2.40 bits per heavy atom. The SMILES string of the molecule is N#Cc1ccc(-c2ccc(OC(=O)CCC(=O)N3CCc4sccc4C3)cc2)cc1. The zero-order valence-electron chi connectivity index (χ0n) is 16.3. The summed E-state index contributed by atoms with van der Waals surface area (Å²) in [5.41, 5.74) is 3.77. The number of ether oxygens (including phenoxy) is 1. The number of carbonyl (C=O) groups is 2. The summed E-state index contributed by atoms with van der Waals surface area (Å²) in [6, 6.07) is 18.6. The number of nitrogens with zero attached hydrogens (tertiary/aromatic N) is 2. The van der Waals surface area contributed by atoms with Crippen LogP contribution in [0.15, 0.2) is 60.0 Å². The van der Waals surface area contributed by atoms with Crippen molar-refractivity contribution < 1.29 is 14.3 Å². The van der Waals surface area contributed by atoms with Crippen molar-refractivity contribution in [2.45, 2.75) is 25.8 Å². The first-order valence-electron chi connectivity index (χ1n) is 9.76. The molecule has 4 rings (SSSR count). The Hall–Kier alpha value is -3.43. The van der Waals surface area contributed by atoms with Crippen molar-refractivity contribution in [2.24, 2.45) is 0 Å². The van der Waals surface area contributed by atoms with E-state index >= 15 is 0 Å². The van der Waals surface area contributed by atoms with E-state index in [9.17, 15) is 9.59 Å². The van der Waals surface area contributed by atoms with Crippen LogP contribution in [0.2, 0.25) is 0 Å². The van der Waals surface area contributed by atoms with Crippen LogP contribution in [0.3, 0.4) is 0 Å². The monoisotopic (exact) mass is 416 g/mol. The van der Waals surface area contributed by atoms with Crippen LogP contribution in [0, 0.1) is 11.3 Å². The van der Waals surface area contributed by atoms with E-state index in [4.69, 9.17) is 10.00 Å². The molecule has 0 fully saturated rings. The van der Waals surface area contributed by atoms with Crippen LogP contribution in [0.5, 0.6) is 5.75 Å². The highest BCUT2D eigenvalue weighted by atomic mass is 32.1. The lowest BCUT2D eigenvalue weighted by Crippen LogP contribution is -2.35. The molecule has 6 heteroatoms. The van der Waals surface area contributed by atoms with Crippen LogP contribution in [0.1, 0.15) is 28.8 Å². The fourth-order valence-electron chi connectivity index (χ4n) is 3.46. The molecule has 0 saturated heterocycles. The van der Waals surface area contributed by atoms with E-state index in [1.165, 1.54) is 10.4 Å². The van der Waals surface area contributed by atoms with Gasteiger partial charge in [0.1, 0.15) is 5.75 Å². The van der Waals surface area contributed by atoms with Gasteiger partial charge in [-0.3, -0.25) is 9.59 Å². The molecule has 0 atom stereocenters. The fourth-order valence-corrected chi connectivity index (χ4v) is 4.35. The summed E-state index contributed by atoms with van der Waals surface area (Å²) in [7, 11) is 0. The third kappa shape index (κ3) is 4.58. The number of fused-ring (bicyclic) bond motifs is 1. The van der Waals surface area contributed by atoms with Crippen molar-refractivity contribution in [1.29, 1.82) is 5.26 Å². The molecule has 0 saturated carbocycles. The van der Waals surface area contributed by atoms with E-state index in [0.717, 1.165) is 17.5 Å². The largest absolute Gasteiger partial charge is 0.427 e. The maximum Gasteiger partial charge on any atom is 0.311 e. The molecule has 3 aromatic rings. The van der Waals surface area contributed by atoms with E-state index in [1.54, 1.807) is 35.6 Å². The number of hydrogen-bond donors (Lipinski definition) is 0. The second kappa shape index (κ2) is 8.93. The Bertz CT molecular complexity index is 1090. The third-order valence-corrected chi connectivity index (χ3v) is 6.16. The van der Waals surface area contributed by atoms with Gasteiger partial charge in [0.25, 0.3) is 0 Å². The second-order valence-corrected chi connectivity index (χ2v) is 8.12. The molecule has 30 heavy (non-hydrogen) atoms. The maximum atomic E-state index is 12.4. The van der Waals surface area contributed by atoms with Gasteiger partial charge in [0.2, 0.25) is 5.91 Å². The smallest absolute Gasteiger partial charge is 0.311 e. The number of nitriles is 1. The molecule has 150 valence electrons. The predicted octanol–water partition coefficient (Wildman–Crippen LogP) is 4.56. The highest BCUT2D eigenvalue weighted by Crippen LogP contribution is 2.25. The van der Waals surface area contributed by atoms with E-state index in [0.29, 0.717) is 24.4 Å². The number of hydrogen-bond acceptors (Lipinski definition) is 5. The van der Waals surface area contributed by atoms with Gasteiger partial charge in [0, 0.05) is 24.4 Å². The minimum atomic E-state index is -0.414. The van der Waals surface area contributed by atoms with Gasteiger partial charge in [-0.25, -0.2) is 0 Å². The van der Waals surface area contributed by atoms with Crippen LogP contribution in [-0.2, 0) is 22.6 Å². The lowest BCUT2D eigenvalue weighted by atomic mass is 10.0. The van der Waals surface area contributed by atoms with Gasteiger partial charge < -0.3 is 9.64 Å². The Labute approximate surface area is 179 Å². The summed E-state index contributed by atoms with van der Waals surface area (Å²) in [4.78, 5) is 27.8. The number of benzene rings is 2. The summed E-state index contributed by atoms with van der Waals surface area (Å²) < 4.78 is 5.37. The quantitative estimate of drug-likeness (QED) is 0.452. The molecule has 0 unspecified atom stereocenters. The van der Waals surface area contributed by atoms with Crippen LogP contribution in [-0.4, -0.2) is 23.3 Å². The summed E-state index contributed by atoms with van der Waals surface area (Å²) in [6.07, 6.45) is 1.10. The first-order valence-corrected chi connectivity index (χ1v) is 10.6. The second-order valence-electron chi connectivity index (χ2n) is 7.12. The van der Waals surface area contributed by atoms with Gasteiger partial charge in [-0.15, -0.1) is 11.3 Å². The van der Waals surface area contributed by atoms with Gasteiger partial charge in [0.15, 0.2) is 0 Å². The molecule has 1 aromatic heterocycles. The summed E-state index contributed by atoms with van der Waals surface area (Å²) in [5.74, 6) is 0.0217. The molecular weight excluding hydrogens is 396 g/mol. The molecule has 1 aliphatic heterocycles. The first-order chi connectivity index (χ1) is 14.6. The molecule has 5 nitrogen and oxygen atoms in total. The average Bonchev–Trinajstić information content (AvgIpc) is 3.26. The maximum absolute atomic E-state index is 12.4. The van der Waals surface area contributed by atoms with Crippen LogP contribution < -0.4 is 4.74 Å². The fraction of sp³-hybridized carbons (Fsp3) is 0.208.